The van der Waals surface area contributed by atoms with E-state index >= 15 is 0 Å². The van der Waals surface area contributed by atoms with Crippen molar-refractivity contribution in [1.29, 1.82) is 0 Å². The van der Waals surface area contributed by atoms with Crippen molar-refractivity contribution >= 4 is 0 Å². The molecule has 2 aromatic carbocycles. The van der Waals surface area contributed by atoms with Crippen LogP contribution in [-0.4, -0.2) is 26.4 Å². The average molecular weight is 314 g/mol. The molecule has 0 amide bonds. The van der Waals surface area contributed by atoms with Gasteiger partial charge in [0.05, 0.1) is 13.2 Å². The fourth-order valence-corrected chi connectivity index (χ4v) is 2.50. The molecule has 0 radical (unpaired) electrons. The number of ether oxygens (including phenoxy) is 3. The molecule has 0 saturated carbocycles. The maximum absolute atomic E-state index is 5.92. The van der Waals surface area contributed by atoms with Gasteiger partial charge in [0.2, 0.25) is 0 Å². The van der Waals surface area contributed by atoms with Crippen molar-refractivity contribution in [2.24, 2.45) is 0 Å². The zero-order valence-corrected chi connectivity index (χ0v) is 14.0. The number of rotatable bonds is 10. The Kier molecular flexibility index (Phi) is 7.81. The van der Waals surface area contributed by atoms with Crippen molar-refractivity contribution in [3.05, 3.63) is 71.8 Å². The van der Waals surface area contributed by atoms with Gasteiger partial charge < -0.3 is 14.2 Å². The molecule has 3 heteroatoms. The van der Waals surface area contributed by atoms with Gasteiger partial charge in [-0.3, -0.25) is 0 Å². The van der Waals surface area contributed by atoms with Crippen LogP contribution in [0.3, 0.4) is 0 Å². The van der Waals surface area contributed by atoms with Crippen LogP contribution >= 0.6 is 0 Å². The van der Waals surface area contributed by atoms with E-state index < -0.39 is 0 Å². The van der Waals surface area contributed by atoms with E-state index in [2.05, 4.69) is 24.3 Å². The summed E-state index contributed by atoms with van der Waals surface area (Å²) in [6.07, 6.45) is -0.0847. The van der Waals surface area contributed by atoms with Crippen molar-refractivity contribution in [3.63, 3.8) is 0 Å². The molecule has 0 bridgehead atoms. The molecule has 0 fully saturated rings. The number of hydrogen-bond acceptors (Lipinski definition) is 3. The van der Waals surface area contributed by atoms with Gasteiger partial charge in [0.25, 0.3) is 0 Å². The fourth-order valence-electron chi connectivity index (χ4n) is 2.50. The molecule has 0 aliphatic heterocycles. The standard InChI is InChI=1S/C20H26O3/c1-3-22-19(17-11-7-5-8-12-17)15-21-16-20(23-4-2)18-13-9-6-10-14-18/h5-14,19-20H,3-4,15-16H2,1-2H3. The van der Waals surface area contributed by atoms with Crippen LogP contribution in [0.4, 0.5) is 0 Å². The maximum Gasteiger partial charge on any atom is 0.106 e. The molecule has 2 aromatic rings. The van der Waals surface area contributed by atoms with Crippen molar-refractivity contribution in [3.8, 4) is 0 Å². The van der Waals surface area contributed by atoms with Crippen LogP contribution in [0.15, 0.2) is 60.7 Å². The lowest BCUT2D eigenvalue weighted by Crippen LogP contribution is -2.17. The van der Waals surface area contributed by atoms with Crippen molar-refractivity contribution < 1.29 is 14.2 Å². The Balaban J connectivity index is 1.92. The Bertz CT molecular complexity index is 478. The molecule has 2 unspecified atom stereocenters. The second-order valence-electron chi connectivity index (χ2n) is 5.25. The summed E-state index contributed by atoms with van der Waals surface area (Å²) in [5.74, 6) is 0. The first-order chi connectivity index (χ1) is 11.3. The van der Waals surface area contributed by atoms with Gasteiger partial charge in [-0.1, -0.05) is 60.7 Å². The van der Waals surface area contributed by atoms with E-state index in [-0.39, 0.29) is 12.2 Å². The minimum Gasteiger partial charge on any atom is -0.375 e. The molecular weight excluding hydrogens is 288 g/mol. The minimum absolute atomic E-state index is 0.0424. The summed E-state index contributed by atoms with van der Waals surface area (Å²) >= 11 is 0. The molecule has 2 rings (SSSR count). The van der Waals surface area contributed by atoms with E-state index in [0.717, 1.165) is 11.1 Å². The number of hydrogen-bond donors (Lipinski definition) is 0. The van der Waals surface area contributed by atoms with Gasteiger partial charge in [-0.25, -0.2) is 0 Å². The van der Waals surface area contributed by atoms with Gasteiger partial charge in [-0.15, -0.1) is 0 Å². The summed E-state index contributed by atoms with van der Waals surface area (Å²) in [5, 5.41) is 0. The van der Waals surface area contributed by atoms with Crippen LogP contribution < -0.4 is 0 Å². The Morgan fingerprint density at radius 2 is 1.04 bits per heavy atom. The molecule has 124 valence electrons. The van der Waals surface area contributed by atoms with Crippen LogP contribution in [0.5, 0.6) is 0 Å². The van der Waals surface area contributed by atoms with Gasteiger partial charge in [0, 0.05) is 13.2 Å². The monoisotopic (exact) mass is 314 g/mol. The van der Waals surface area contributed by atoms with Gasteiger partial charge in [-0.2, -0.15) is 0 Å². The first kappa shape index (κ1) is 17.7. The van der Waals surface area contributed by atoms with Gasteiger partial charge >= 0.3 is 0 Å². The highest BCUT2D eigenvalue weighted by Gasteiger charge is 2.15. The first-order valence-corrected chi connectivity index (χ1v) is 8.26. The molecule has 23 heavy (non-hydrogen) atoms. The Morgan fingerprint density at radius 3 is 1.39 bits per heavy atom. The van der Waals surface area contributed by atoms with Crippen LogP contribution in [-0.2, 0) is 14.2 Å². The van der Waals surface area contributed by atoms with E-state index in [0.29, 0.717) is 26.4 Å². The Hall–Kier alpha value is -1.68. The molecular formula is C20H26O3. The smallest absolute Gasteiger partial charge is 0.106 e. The zero-order valence-electron chi connectivity index (χ0n) is 14.0. The second kappa shape index (κ2) is 10.2. The quantitative estimate of drug-likeness (QED) is 0.643. The second-order valence-corrected chi connectivity index (χ2v) is 5.25. The van der Waals surface area contributed by atoms with E-state index in [9.17, 15) is 0 Å². The lowest BCUT2D eigenvalue weighted by atomic mass is 10.1. The highest BCUT2D eigenvalue weighted by atomic mass is 16.6. The van der Waals surface area contributed by atoms with Crippen LogP contribution in [0.25, 0.3) is 0 Å². The van der Waals surface area contributed by atoms with Gasteiger partial charge in [-0.05, 0) is 25.0 Å². The third-order valence-corrected chi connectivity index (χ3v) is 3.62. The Labute approximate surface area is 139 Å². The molecule has 0 heterocycles. The lowest BCUT2D eigenvalue weighted by molar-refractivity contribution is -0.0554. The average Bonchev–Trinajstić information content (AvgIpc) is 2.61. The van der Waals surface area contributed by atoms with Crippen LogP contribution in [0.2, 0.25) is 0 Å². The van der Waals surface area contributed by atoms with E-state index in [4.69, 9.17) is 14.2 Å². The molecule has 0 aliphatic carbocycles. The van der Waals surface area contributed by atoms with Crippen molar-refractivity contribution in [2.75, 3.05) is 26.4 Å². The predicted octanol–water partition coefficient (Wildman–Crippen LogP) is 4.56. The minimum atomic E-state index is -0.0424. The molecule has 2 atom stereocenters. The summed E-state index contributed by atoms with van der Waals surface area (Å²) in [5.41, 5.74) is 2.28. The van der Waals surface area contributed by atoms with E-state index in [1.54, 1.807) is 0 Å². The SMILES string of the molecule is CCOC(COCC(OCC)c1ccccc1)c1ccccc1. The van der Waals surface area contributed by atoms with Crippen molar-refractivity contribution in [2.45, 2.75) is 26.1 Å². The summed E-state index contributed by atoms with van der Waals surface area (Å²) in [7, 11) is 0. The molecule has 0 saturated heterocycles. The maximum atomic E-state index is 5.92. The van der Waals surface area contributed by atoms with E-state index in [1.165, 1.54) is 0 Å². The van der Waals surface area contributed by atoms with Crippen LogP contribution in [0, 0.1) is 0 Å². The van der Waals surface area contributed by atoms with Gasteiger partial charge in [0.1, 0.15) is 12.2 Å². The highest BCUT2D eigenvalue weighted by Crippen LogP contribution is 2.21. The third kappa shape index (κ3) is 5.79. The number of benzene rings is 2. The van der Waals surface area contributed by atoms with E-state index in [1.807, 2.05) is 50.2 Å². The van der Waals surface area contributed by atoms with Crippen LogP contribution in [0.1, 0.15) is 37.2 Å². The first-order valence-electron chi connectivity index (χ1n) is 8.26. The predicted molar refractivity (Wildman–Crippen MR) is 92.4 cm³/mol. The summed E-state index contributed by atoms with van der Waals surface area (Å²) in [4.78, 5) is 0. The summed E-state index contributed by atoms with van der Waals surface area (Å²) < 4.78 is 17.5. The highest BCUT2D eigenvalue weighted by molar-refractivity contribution is 5.18. The van der Waals surface area contributed by atoms with Crippen molar-refractivity contribution in [1.82, 2.24) is 0 Å². The summed E-state index contributed by atoms with van der Waals surface area (Å²) in [6, 6.07) is 20.4. The third-order valence-electron chi connectivity index (χ3n) is 3.62. The molecule has 0 N–H and O–H groups in total. The molecule has 0 spiro atoms. The molecule has 0 aromatic heterocycles. The molecule has 0 aliphatic rings. The summed E-state index contributed by atoms with van der Waals surface area (Å²) in [6.45, 7) is 6.38. The Morgan fingerprint density at radius 1 is 0.652 bits per heavy atom. The molecule has 3 nitrogen and oxygen atoms in total. The lowest BCUT2D eigenvalue weighted by Gasteiger charge is -2.21. The van der Waals surface area contributed by atoms with Gasteiger partial charge in [0.15, 0.2) is 0 Å². The fraction of sp³-hybridized carbons (Fsp3) is 0.400. The zero-order chi connectivity index (χ0) is 16.3. The largest absolute Gasteiger partial charge is 0.375 e. The normalized spacial score (nSPS) is 13.7. The topological polar surface area (TPSA) is 27.7 Å².